The normalized spacial score (nSPS) is 12.3. The Bertz CT molecular complexity index is 1910. The molecule has 0 aliphatic heterocycles. The minimum Gasteiger partial charge on any atom is -0.506 e. The maximum absolute atomic E-state index is 13.0. The Hall–Kier alpha value is -5.65. The number of ether oxygens (including phenoxy) is 2. The summed E-state index contributed by atoms with van der Waals surface area (Å²) in [6, 6.07) is 29.9. The Morgan fingerprint density at radius 2 is 1.69 bits per heavy atom. The highest BCUT2D eigenvalue weighted by Crippen LogP contribution is 2.30. The van der Waals surface area contributed by atoms with Gasteiger partial charge in [0.1, 0.15) is 18.1 Å². The van der Waals surface area contributed by atoms with Crippen molar-refractivity contribution in [3.63, 3.8) is 0 Å². The van der Waals surface area contributed by atoms with E-state index in [0.717, 1.165) is 16.7 Å². The average molecular weight is 651 g/mol. The van der Waals surface area contributed by atoms with E-state index in [-0.39, 0.29) is 35.9 Å². The third-order valence-corrected chi connectivity index (χ3v) is 7.90. The minimum atomic E-state index is -0.871. The van der Waals surface area contributed by atoms with Crippen LogP contribution in [0.15, 0.2) is 108 Å². The van der Waals surface area contributed by atoms with Crippen LogP contribution in [-0.4, -0.2) is 58.8 Å². The molecule has 48 heavy (non-hydrogen) atoms. The number of nitrogens with zero attached hydrogens (tertiary/aromatic N) is 1. The van der Waals surface area contributed by atoms with Crippen LogP contribution >= 0.6 is 0 Å². The Morgan fingerprint density at radius 1 is 0.938 bits per heavy atom. The Kier molecular flexibility index (Phi) is 11.1. The van der Waals surface area contributed by atoms with Gasteiger partial charge in [-0.25, -0.2) is 4.79 Å². The molecule has 5 rings (SSSR count). The molecule has 1 unspecified atom stereocenters. The van der Waals surface area contributed by atoms with Gasteiger partial charge >= 0.3 is 6.09 Å². The fraction of sp³-hybridized carbons (Fsp3) is 0.216. The van der Waals surface area contributed by atoms with Gasteiger partial charge in [-0.1, -0.05) is 60.7 Å². The third-order valence-electron chi connectivity index (χ3n) is 7.90. The molecule has 1 heterocycles. The van der Waals surface area contributed by atoms with Crippen LogP contribution in [0.3, 0.4) is 0 Å². The SMILES string of the molecule is CN(CCCNC[C@H](O)c1ccc(O)c2[nH]c(=O)ccc12)C(=O)c1ccc(COc2cccc(C(OC(N)=O)c3ccccc3)c2)cc1. The fourth-order valence-electron chi connectivity index (χ4n) is 5.41. The highest BCUT2D eigenvalue weighted by atomic mass is 16.6. The number of carbonyl (C=O) groups excluding carboxylic acids is 2. The zero-order chi connectivity index (χ0) is 34.0. The van der Waals surface area contributed by atoms with Gasteiger partial charge in [-0.3, -0.25) is 9.59 Å². The molecule has 0 spiro atoms. The summed E-state index contributed by atoms with van der Waals surface area (Å²) >= 11 is 0. The lowest BCUT2D eigenvalue weighted by atomic mass is 10.0. The zero-order valence-electron chi connectivity index (χ0n) is 26.5. The van der Waals surface area contributed by atoms with Crippen LogP contribution in [0.4, 0.5) is 4.79 Å². The van der Waals surface area contributed by atoms with Gasteiger partial charge in [0.15, 0.2) is 6.10 Å². The topological polar surface area (TPSA) is 167 Å². The van der Waals surface area contributed by atoms with E-state index in [1.165, 1.54) is 12.1 Å². The van der Waals surface area contributed by atoms with E-state index >= 15 is 0 Å². The van der Waals surface area contributed by atoms with Crippen molar-refractivity contribution in [2.45, 2.75) is 25.2 Å². The molecule has 5 aromatic rings. The number of fused-ring (bicyclic) bond motifs is 1. The number of aromatic nitrogens is 1. The van der Waals surface area contributed by atoms with Crippen LogP contribution in [0.5, 0.6) is 11.5 Å². The van der Waals surface area contributed by atoms with Crippen molar-refractivity contribution < 1.29 is 29.3 Å². The largest absolute Gasteiger partial charge is 0.506 e. The van der Waals surface area contributed by atoms with E-state index in [2.05, 4.69) is 10.3 Å². The van der Waals surface area contributed by atoms with E-state index in [9.17, 15) is 24.6 Å². The van der Waals surface area contributed by atoms with E-state index in [1.54, 1.807) is 42.3 Å². The molecule has 0 saturated carbocycles. The molecule has 2 atom stereocenters. The number of phenolic OH excluding ortho intramolecular Hbond substituents is 1. The summed E-state index contributed by atoms with van der Waals surface area (Å²) in [4.78, 5) is 40.5. The number of benzene rings is 4. The van der Waals surface area contributed by atoms with Gasteiger partial charge in [0, 0.05) is 42.7 Å². The van der Waals surface area contributed by atoms with Crippen LogP contribution < -0.4 is 21.3 Å². The van der Waals surface area contributed by atoms with Crippen LogP contribution in [0, 0.1) is 0 Å². The summed E-state index contributed by atoms with van der Waals surface area (Å²) in [5.41, 5.74) is 8.81. The highest BCUT2D eigenvalue weighted by Gasteiger charge is 2.19. The molecule has 0 aliphatic carbocycles. The van der Waals surface area contributed by atoms with Crippen molar-refractivity contribution in [2.75, 3.05) is 26.7 Å². The molecular weight excluding hydrogens is 612 g/mol. The number of rotatable bonds is 14. The third kappa shape index (κ3) is 8.58. The smallest absolute Gasteiger partial charge is 0.405 e. The molecule has 0 bridgehead atoms. The number of aromatic amines is 1. The molecule has 11 nitrogen and oxygen atoms in total. The van der Waals surface area contributed by atoms with Gasteiger partial charge in [0.25, 0.3) is 5.91 Å². The Labute approximate surface area is 277 Å². The van der Waals surface area contributed by atoms with Gasteiger partial charge in [0.2, 0.25) is 5.56 Å². The zero-order valence-corrected chi connectivity index (χ0v) is 26.5. The van der Waals surface area contributed by atoms with E-state index in [0.29, 0.717) is 41.8 Å². The molecule has 0 radical (unpaired) electrons. The highest BCUT2D eigenvalue weighted by molar-refractivity contribution is 5.94. The molecule has 4 aromatic carbocycles. The van der Waals surface area contributed by atoms with Crippen molar-refractivity contribution in [2.24, 2.45) is 5.73 Å². The summed E-state index contributed by atoms with van der Waals surface area (Å²) in [5.74, 6) is 0.424. The molecule has 11 heteroatoms. The first-order chi connectivity index (χ1) is 23.2. The number of pyridine rings is 1. The maximum atomic E-state index is 13.0. The van der Waals surface area contributed by atoms with Crippen LogP contribution in [0.2, 0.25) is 0 Å². The number of carbonyl (C=O) groups is 2. The fourth-order valence-corrected chi connectivity index (χ4v) is 5.41. The van der Waals surface area contributed by atoms with Crippen molar-refractivity contribution in [1.29, 1.82) is 0 Å². The van der Waals surface area contributed by atoms with Gasteiger partial charge in [-0.15, -0.1) is 0 Å². The number of hydrogen-bond donors (Lipinski definition) is 5. The first-order valence-corrected chi connectivity index (χ1v) is 15.5. The number of primary amides is 1. The second-order valence-electron chi connectivity index (χ2n) is 11.4. The predicted molar refractivity (Wildman–Crippen MR) is 182 cm³/mol. The van der Waals surface area contributed by atoms with Crippen LogP contribution in [-0.2, 0) is 11.3 Å². The van der Waals surface area contributed by atoms with Crippen LogP contribution in [0.25, 0.3) is 10.9 Å². The number of nitrogens with one attached hydrogen (secondary N) is 2. The molecule has 1 aromatic heterocycles. The summed E-state index contributed by atoms with van der Waals surface area (Å²) < 4.78 is 11.4. The lowest BCUT2D eigenvalue weighted by Gasteiger charge is -2.19. The number of aliphatic hydroxyl groups is 1. The van der Waals surface area contributed by atoms with Gasteiger partial charge in [0.05, 0.1) is 11.6 Å². The number of nitrogens with two attached hydrogens (primary N) is 1. The van der Waals surface area contributed by atoms with E-state index < -0.39 is 18.3 Å². The number of hydrogen-bond acceptors (Lipinski definition) is 8. The van der Waals surface area contributed by atoms with Crippen molar-refractivity contribution in [3.8, 4) is 11.5 Å². The molecule has 0 aliphatic rings. The van der Waals surface area contributed by atoms with Gasteiger partial charge in [-0.05, 0) is 66.1 Å². The Balaban J connectivity index is 1.08. The first kappa shape index (κ1) is 33.7. The molecular formula is C37H38N4O7. The average Bonchev–Trinajstić information content (AvgIpc) is 3.10. The van der Waals surface area contributed by atoms with Crippen molar-refractivity contribution in [1.82, 2.24) is 15.2 Å². The van der Waals surface area contributed by atoms with Crippen LogP contribution in [0.1, 0.15) is 51.2 Å². The summed E-state index contributed by atoms with van der Waals surface area (Å²) in [6.07, 6.45) is -1.73. The number of aromatic hydroxyl groups is 1. The number of H-pyrrole nitrogens is 1. The number of phenols is 1. The second kappa shape index (κ2) is 15.8. The van der Waals surface area contributed by atoms with Gasteiger partial charge in [-0.2, -0.15) is 0 Å². The number of aliphatic hydroxyl groups excluding tert-OH is 1. The van der Waals surface area contributed by atoms with Gasteiger partial charge < -0.3 is 40.6 Å². The molecule has 248 valence electrons. The van der Waals surface area contributed by atoms with Crippen molar-refractivity contribution in [3.05, 3.63) is 141 Å². The summed E-state index contributed by atoms with van der Waals surface area (Å²) in [7, 11) is 1.75. The lowest BCUT2D eigenvalue weighted by Crippen LogP contribution is -2.31. The number of amides is 2. The standard InChI is InChI=1S/C37H38N4O7/c1-41(20-6-19-39-22-32(43)29-15-17-31(42)34-30(29)16-18-33(44)40-34)36(45)26-13-11-24(12-14-26)23-47-28-10-5-9-27(21-28)35(48-37(38)46)25-7-3-2-4-8-25/h2-5,7-18,21,32,35,39,42-43H,6,19-20,22-23H2,1H3,(H2,38,46)(H,40,44)/t32-,35?/m0/s1. The lowest BCUT2D eigenvalue weighted by molar-refractivity contribution is 0.0792. The predicted octanol–water partition coefficient (Wildman–Crippen LogP) is 4.78. The van der Waals surface area contributed by atoms with E-state index in [1.807, 2.05) is 60.7 Å². The Morgan fingerprint density at radius 3 is 2.44 bits per heavy atom. The van der Waals surface area contributed by atoms with Crippen molar-refractivity contribution >= 4 is 22.9 Å². The monoisotopic (exact) mass is 650 g/mol. The summed E-state index contributed by atoms with van der Waals surface area (Å²) in [5, 5.41) is 24.6. The maximum Gasteiger partial charge on any atom is 0.405 e. The molecule has 0 saturated heterocycles. The van der Waals surface area contributed by atoms with E-state index in [4.69, 9.17) is 15.2 Å². The first-order valence-electron chi connectivity index (χ1n) is 15.5. The molecule has 2 amide bonds. The second-order valence-corrected chi connectivity index (χ2v) is 11.4. The molecule has 6 N–H and O–H groups in total. The molecule has 0 fully saturated rings. The quantitative estimate of drug-likeness (QED) is 0.107. The minimum absolute atomic E-state index is 0.0592. The summed E-state index contributed by atoms with van der Waals surface area (Å²) in [6.45, 7) is 1.62.